The Morgan fingerprint density at radius 3 is 2.58 bits per heavy atom. The standard InChI is InChI=1S/C12H20N4O3/c1-9(12(18)19)15-11(17)10(7-13)8-14-5-4-6-16(2)3/h8-9,14H,4-6H2,1-3H3,(H,15,17)(H,18,19)/b10-8-. The summed E-state index contributed by atoms with van der Waals surface area (Å²) in [6.07, 6.45) is 2.18. The summed E-state index contributed by atoms with van der Waals surface area (Å²) in [7, 11) is 3.91. The van der Waals surface area contributed by atoms with E-state index in [0.29, 0.717) is 6.54 Å². The van der Waals surface area contributed by atoms with Gasteiger partial charge < -0.3 is 20.6 Å². The van der Waals surface area contributed by atoms with Crippen LogP contribution in [0.25, 0.3) is 0 Å². The van der Waals surface area contributed by atoms with Gasteiger partial charge in [-0.15, -0.1) is 0 Å². The van der Waals surface area contributed by atoms with Gasteiger partial charge in [0, 0.05) is 12.7 Å². The number of carboxylic acids is 1. The molecular formula is C12H20N4O3. The second-order valence-corrected chi connectivity index (χ2v) is 4.31. The molecule has 19 heavy (non-hydrogen) atoms. The van der Waals surface area contributed by atoms with Crippen LogP contribution in [0, 0.1) is 11.3 Å². The van der Waals surface area contributed by atoms with E-state index >= 15 is 0 Å². The first-order valence-corrected chi connectivity index (χ1v) is 5.90. The quantitative estimate of drug-likeness (QED) is 0.312. The maximum atomic E-state index is 11.5. The lowest BCUT2D eigenvalue weighted by Gasteiger charge is -2.10. The smallest absolute Gasteiger partial charge is 0.325 e. The molecule has 0 aromatic rings. The predicted molar refractivity (Wildman–Crippen MR) is 70.1 cm³/mol. The summed E-state index contributed by atoms with van der Waals surface area (Å²) < 4.78 is 0. The highest BCUT2D eigenvalue weighted by atomic mass is 16.4. The third kappa shape index (κ3) is 7.78. The highest BCUT2D eigenvalue weighted by molar-refractivity contribution is 5.98. The molecule has 3 N–H and O–H groups in total. The molecule has 0 spiro atoms. The van der Waals surface area contributed by atoms with Gasteiger partial charge in [-0.25, -0.2) is 0 Å². The molecule has 0 saturated carbocycles. The van der Waals surface area contributed by atoms with Crippen molar-refractivity contribution in [1.82, 2.24) is 15.5 Å². The molecule has 7 nitrogen and oxygen atoms in total. The number of carboxylic acid groups (broad SMARTS) is 1. The van der Waals surface area contributed by atoms with Gasteiger partial charge in [0.1, 0.15) is 17.7 Å². The van der Waals surface area contributed by atoms with Gasteiger partial charge in [-0.2, -0.15) is 5.26 Å². The van der Waals surface area contributed by atoms with Gasteiger partial charge in [0.2, 0.25) is 0 Å². The van der Waals surface area contributed by atoms with Crippen molar-refractivity contribution in [2.24, 2.45) is 0 Å². The van der Waals surface area contributed by atoms with E-state index in [1.165, 1.54) is 13.1 Å². The van der Waals surface area contributed by atoms with Crippen molar-refractivity contribution in [2.75, 3.05) is 27.2 Å². The van der Waals surface area contributed by atoms with E-state index < -0.39 is 17.9 Å². The summed E-state index contributed by atoms with van der Waals surface area (Å²) >= 11 is 0. The van der Waals surface area contributed by atoms with Crippen LogP contribution in [-0.4, -0.2) is 55.1 Å². The molecule has 106 valence electrons. The lowest BCUT2D eigenvalue weighted by molar-refractivity contribution is -0.140. The molecule has 0 saturated heterocycles. The van der Waals surface area contributed by atoms with Crippen LogP contribution in [0.15, 0.2) is 11.8 Å². The summed E-state index contributed by atoms with van der Waals surface area (Å²) in [4.78, 5) is 24.1. The average Bonchev–Trinajstić information content (AvgIpc) is 2.32. The number of amides is 1. The highest BCUT2D eigenvalue weighted by Gasteiger charge is 2.16. The fourth-order valence-corrected chi connectivity index (χ4v) is 1.16. The summed E-state index contributed by atoms with van der Waals surface area (Å²) in [5.74, 6) is -1.85. The molecular weight excluding hydrogens is 248 g/mol. The molecule has 0 fully saturated rings. The van der Waals surface area contributed by atoms with Gasteiger partial charge in [-0.05, 0) is 34.0 Å². The number of nitrogens with zero attached hydrogens (tertiary/aromatic N) is 2. The maximum Gasteiger partial charge on any atom is 0.325 e. The number of carbonyl (C=O) groups is 2. The van der Waals surface area contributed by atoms with Gasteiger partial charge >= 0.3 is 5.97 Å². The Bertz CT molecular complexity index is 385. The monoisotopic (exact) mass is 268 g/mol. The first kappa shape index (κ1) is 16.9. The van der Waals surface area contributed by atoms with Crippen LogP contribution in [0.2, 0.25) is 0 Å². The van der Waals surface area contributed by atoms with E-state index in [4.69, 9.17) is 10.4 Å². The van der Waals surface area contributed by atoms with Gasteiger partial charge in [0.15, 0.2) is 0 Å². The Kier molecular flexibility index (Phi) is 7.97. The molecule has 1 amide bonds. The second kappa shape index (κ2) is 8.94. The van der Waals surface area contributed by atoms with Crippen molar-refractivity contribution in [3.63, 3.8) is 0 Å². The normalized spacial score (nSPS) is 12.7. The Balaban J connectivity index is 4.22. The van der Waals surface area contributed by atoms with Crippen LogP contribution < -0.4 is 10.6 Å². The summed E-state index contributed by atoms with van der Waals surface area (Å²) in [5.41, 5.74) is -0.141. The lowest BCUT2D eigenvalue weighted by Crippen LogP contribution is -2.39. The van der Waals surface area contributed by atoms with Gasteiger partial charge in [0.25, 0.3) is 5.91 Å². The minimum Gasteiger partial charge on any atom is -0.480 e. The largest absolute Gasteiger partial charge is 0.480 e. The molecule has 0 aromatic heterocycles. The number of hydrogen-bond donors (Lipinski definition) is 3. The molecule has 0 heterocycles. The van der Waals surface area contributed by atoms with Crippen LogP contribution in [-0.2, 0) is 9.59 Å². The summed E-state index contributed by atoms with van der Waals surface area (Å²) in [6.45, 7) is 2.86. The van der Waals surface area contributed by atoms with Crippen LogP contribution in [0.5, 0.6) is 0 Å². The SMILES string of the molecule is CC(NC(=O)/C(C#N)=C\NCCCN(C)C)C(=O)O. The topological polar surface area (TPSA) is 105 Å². The minimum absolute atomic E-state index is 0.141. The van der Waals surface area contributed by atoms with Crippen molar-refractivity contribution in [3.8, 4) is 6.07 Å². The zero-order valence-corrected chi connectivity index (χ0v) is 11.4. The van der Waals surface area contributed by atoms with Crippen molar-refractivity contribution >= 4 is 11.9 Å². The average molecular weight is 268 g/mol. The third-order valence-corrected chi connectivity index (χ3v) is 2.26. The predicted octanol–water partition coefficient (Wildman–Crippen LogP) is -0.476. The fraction of sp³-hybridized carbons (Fsp3) is 0.583. The number of carbonyl (C=O) groups excluding carboxylic acids is 1. The molecule has 0 radical (unpaired) electrons. The number of hydrogen-bond acceptors (Lipinski definition) is 5. The molecule has 0 aromatic carbocycles. The molecule has 0 rings (SSSR count). The molecule has 0 aliphatic heterocycles. The highest BCUT2D eigenvalue weighted by Crippen LogP contribution is 1.93. The molecule has 0 aliphatic rings. The summed E-state index contributed by atoms with van der Waals surface area (Å²) in [6, 6.07) is 0.699. The molecule has 1 unspecified atom stereocenters. The molecule has 0 bridgehead atoms. The van der Waals surface area contributed by atoms with E-state index in [1.54, 1.807) is 6.07 Å². The van der Waals surface area contributed by atoms with Gasteiger partial charge in [0.05, 0.1) is 0 Å². The Labute approximate surface area is 112 Å². The zero-order valence-electron chi connectivity index (χ0n) is 11.4. The van der Waals surface area contributed by atoms with Crippen molar-refractivity contribution in [1.29, 1.82) is 5.26 Å². The first-order chi connectivity index (χ1) is 8.88. The Morgan fingerprint density at radius 2 is 2.11 bits per heavy atom. The molecule has 0 aliphatic carbocycles. The van der Waals surface area contributed by atoms with Crippen LogP contribution in [0.3, 0.4) is 0 Å². The third-order valence-electron chi connectivity index (χ3n) is 2.26. The number of nitrogens with one attached hydrogen (secondary N) is 2. The zero-order chi connectivity index (χ0) is 14.8. The van der Waals surface area contributed by atoms with E-state index in [0.717, 1.165) is 13.0 Å². The van der Waals surface area contributed by atoms with Crippen LogP contribution >= 0.6 is 0 Å². The number of rotatable bonds is 8. The Morgan fingerprint density at radius 1 is 1.47 bits per heavy atom. The lowest BCUT2D eigenvalue weighted by atomic mass is 10.2. The Hall–Kier alpha value is -2.07. The second-order valence-electron chi connectivity index (χ2n) is 4.31. The minimum atomic E-state index is -1.15. The first-order valence-electron chi connectivity index (χ1n) is 5.90. The molecule has 7 heteroatoms. The van der Waals surface area contributed by atoms with Crippen molar-refractivity contribution in [3.05, 3.63) is 11.8 Å². The van der Waals surface area contributed by atoms with Crippen molar-refractivity contribution < 1.29 is 14.7 Å². The van der Waals surface area contributed by atoms with Gasteiger partial charge in [-0.1, -0.05) is 0 Å². The fourth-order valence-electron chi connectivity index (χ4n) is 1.16. The van der Waals surface area contributed by atoms with E-state index in [1.807, 2.05) is 19.0 Å². The number of nitriles is 1. The van der Waals surface area contributed by atoms with Crippen LogP contribution in [0.4, 0.5) is 0 Å². The van der Waals surface area contributed by atoms with E-state index in [2.05, 4.69) is 10.6 Å². The molecule has 1 atom stereocenters. The van der Waals surface area contributed by atoms with E-state index in [9.17, 15) is 9.59 Å². The summed E-state index contributed by atoms with van der Waals surface area (Å²) in [5, 5.41) is 22.5. The van der Waals surface area contributed by atoms with E-state index in [-0.39, 0.29) is 5.57 Å². The van der Waals surface area contributed by atoms with Crippen LogP contribution in [0.1, 0.15) is 13.3 Å². The maximum absolute atomic E-state index is 11.5. The van der Waals surface area contributed by atoms with Crippen molar-refractivity contribution in [2.45, 2.75) is 19.4 Å². The number of aliphatic carboxylic acids is 1. The van der Waals surface area contributed by atoms with Gasteiger partial charge in [-0.3, -0.25) is 9.59 Å².